The van der Waals surface area contributed by atoms with Gasteiger partial charge in [0.1, 0.15) is 23.3 Å². The van der Waals surface area contributed by atoms with Gasteiger partial charge in [0.25, 0.3) is 0 Å². The van der Waals surface area contributed by atoms with Crippen molar-refractivity contribution in [3.8, 4) is 11.5 Å². The first kappa shape index (κ1) is 24.6. The average molecular weight is 481 g/mol. The second kappa shape index (κ2) is 10.4. The van der Waals surface area contributed by atoms with Crippen LogP contribution in [0.2, 0.25) is 0 Å². The van der Waals surface area contributed by atoms with Crippen LogP contribution >= 0.6 is 0 Å². The molecule has 0 unspecified atom stereocenters. The fraction of sp³-hybridized carbons (Fsp3) is 0.440. The molecule has 186 valence electrons. The molecular formula is C25H32N6O4. The summed E-state index contributed by atoms with van der Waals surface area (Å²) < 4.78 is 19.5. The second-order valence-electron chi connectivity index (χ2n) is 8.80. The highest BCUT2D eigenvalue weighted by Crippen LogP contribution is 2.22. The molecule has 0 saturated carbocycles. The number of benzene rings is 1. The first-order valence-electron chi connectivity index (χ1n) is 11.5. The van der Waals surface area contributed by atoms with Crippen molar-refractivity contribution in [2.75, 3.05) is 40.9 Å². The number of methoxy groups -OCH3 is 2. The fourth-order valence-electron chi connectivity index (χ4n) is 4.62. The quantitative estimate of drug-likeness (QED) is 0.490. The van der Waals surface area contributed by atoms with Crippen LogP contribution in [-0.4, -0.2) is 77.2 Å². The Balaban J connectivity index is 1.79. The maximum atomic E-state index is 13.4. The van der Waals surface area contributed by atoms with E-state index in [9.17, 15) is 4.79 Å². The largest absolute Gasteiger partial charge is 0.497 e. The second-order valence-corrected chi connectivity index (χ2v) is 8.80. The lowest BCUT2D eigenvalue weighted by Crippen LogP contribution is -2.48. The molecule has 1 aliphatic rings. The highest BCUT2D eigenvalue weighted by atomic mass is 16.5. The number of morpholine rings is 1. The smallest absolute Gasteiger partial charge is 0.352 e. The molecule has 10 heteroatoms. The van der Waals surface area contributed by atoms with Crippen LogP contribution in [0.1, 0.15) is 19.4 Å². The van der Waals surface area contributed by atoms with E-state index in [-0.39, 0.29) is 24.4 Å². The summed E-state index contributed by atoms with van der Waals surface area (Å²) in [5.74, 6) is 1.27. The summed E-state index contributed by atoms with van der Waals surface area (Å²) >= 11 is 0. The van der Waals surface area contributed by atoms with E-state index in [0.717, 1.165) is 24.2 Å². The predicted molar refractivity (Wildman–Crippen MR) is 133 cm³/mol. The minimum Gasteiger partial charge on any atom is -0.497 e. The zero-order valence-corrected chi connectivity index (χ0v) is 20.9. The molecule has 1 aromatic carbocycles. The Morgan fingerprint density at radius 3 is 2.46 bits per heavy atom. The topological polar surface area (TPSA) is 95.5 Å². The number of hydrogen-bond donors (Lipinski definition) is 0. The highest BCUT2D eigenvalue weighted by Gasteiger charge is 2.22. The Labute approximate surface area is 203 Å². The Hall–Kier alpha value is -3.50. The van der Waals surface area contributed by atoms with Gasteiger partial charge in [-0.2, -0.15) is 9.61 Å². The third kappa shape index (κ3) is 5.28. The van der Waals surface area contributed by atoms with Gasteiger partial charge < -0.3 is 14.2 Å². The van der Waals surface area contributed by atoms with Gasteiger partial charge in [-0.3, -0.25) is 14.5 Å². The fourth-order valence-corrected chi connectivity index (χ4v) is 4.62. The van der Waals surface area contributed by atoms with Crippen LogP contribution in [0.15, 0.2) is 46.5 Å². The van der Waals surface area contributed by atoms with Crippen molar-refractivity contribution in [2.24, 2.45) is 4.99 Å². The van der Waals surface area contributed by atoms with E-state index in [0.29, 0.717) is 34.4 Å². The molecule has 3 aromatic rings. The molecular weight excluding hydrogens is 448 g/mol. The van der Waals surface area contributed by atoms with Crippen molar-refractivity contribution < 1.29 is 14.2 Å². The van der Waals surface area contributed by atoms with E-state index >= 15 is 0 Å². The summed E-state index contributed by atoms with van der Waals surface area (Å²) in [5.41, 5.74) is 2.32. The van der Waals surface area contributed by atoms with E-state index < -0.39 is 0 Å². The Morgan fingerprint density at radius 1 is 1.20 bits per heavy atom. The first-order chi connectivity index (χ1) is 16.8. The number of ether oxygens (including phenoxy) is 3. The molecule has 1 saturated heterocycles. The van der Waals surface area contributed by atoms with Gasteiger partial charge in [-0.25, -0.2) is 9.78 Å². The standard InChI is InChI=1S/C25H32N6O4/c1-16(11-29-12-17(2)35-18(3)13-29)7-22-23(26-4)30(25(32)31-24(22)27-15-28-31)14-19-8-20(33-5)10-21(9-19)34-6/h7-10,15,17-18H,1,11-14H2,2-6H3/b22-7+,26-23?/t17-,18+. The molecule has 1 fully saturated rings. The van der Waals surface area contributed by atoms with Crippen molar-refractivity contribution in [3.63, 3.8) is 0 Å². The average Bonchev–Trinajstić information content (AvgIpc) is 3.31. The third-order valence-corrected chi connectivity index (χ3v) is 5.93. The Morgan fingerprint density at radius 2 is 1.86 bits per heavy atom. The highest BCUT2D eigenvalue weighted by molar-refractivity contribution is 5.53. The van der Waals surface area contributed by atoms with Crippen LogP contribution in [0.3, 0.4) is 0 Å². The van der Waals surface area contributed by atoms with Crippen LogP contribution in [0.25, 0.3) is 11.7 Å². The summed E-state index contributed by atoms with van der Waals surface area (Å²) in [5, 5.41) is 4.86. The van der Waals surface area contributed by atoms with Crippen molar-refractivity contribution in [2.45, 2.75) is 32.6 Å². The molecule has 35 heavy (non-hydrogen) atoms. The van der Waals surface area contributed by atoms with Crippen molar-refractivity contribution in [1.82, 2.24) is 24.1 Å². The zero-order chi connectivity index (χ0) is 25.1. The summed E-state index contributed by atoms with van der Waals surface area (Å²) in [4.78, 5) is 24.5. The van der Waals surface area contributed by atoms with Crippen LogP contribution in [0.4, 0.5) is 0 Å². The maximum absolute atomic E-state index is 13.4. The monoisotopic (exact) mass is 480 g/mol. The van der Waals surface area contributed by atoms with Gasteiger partial charge in [0, 0.05) is 32.7 Å². The Bertz CT molecular complexity index is 1380. The van der Waals surface area contributed by atoms with Gasteiger partial charge in [0.05, 0.1) is 38.2 Å². The molecule has 2 atom stereocenters. The molecule has 10 nitrogen and oxygen atoms in total. The summed E-state index contributed by atoms with van der Waals surface area (Å²) in [6.45, 7) is 11.0. The zero-order valence-electron chi connectivity index (χ0n) is 20.9. The minimum atomic E-state index is -0.335. The first-order valence-corrected chi connectivity index (χ1v) is 11.5. The molecule has 0 spiro atoms. The van der Waals surface area contributed by atoms with Crippen LogP contribution < -0.4 is 25.9 Å². The molecule has 4 rings (SSSR count). The lowest BCUT2D eigenvalue weighted by atomic mass is 10.1. The van der Waals surface area contributed by atoms with Gasteiger partial charge in [0.2, 0.25) is 0 Å². The molecule has 2 aromatic heterocycles. The molecule has 1 aliphatic heterocycles. The number of nitrogens with zero attached hydrogens (tertiary/aromatic N) is 6. The summed E-state index contributed by atoms with van der Waals surface area (Å²) in [6.07, 6.45) is 3.65. The molecule has 3 heterocycles. The molecule has 0 radical (unpaired) electrons. The van der Waals surface area contributed by atoms with Gasteiger partial charge in [-0.05, 0) is 43.2 Å². The number of rotatable bonds is 7. The van der Waals surface area contributed by atoms with Gasteiger partial charge in [-0.15, -0.1) is 0 Å². The van der Waals surface area contributed by atoms with Crippen molar-refractivity contribution in [3.05, 3.63) is 63.4 Å². The molecule has 0 amide bonds. The van der Waals surface area contributed by atoms with E-state index in [1.807, 2.05) is 18.2 Å². The van der Waals surface area contributed by atoms with E-state index in [1.54, 1.807) is 31.9 Å². The van der Waals surface area contributed by atoms with E-state index in [1.165, 1.54) is 10.8 Å². The number of aromatic nitrogens is 4. The van der Waals surface area contributed by atoms with Crippen LogP contribution in [-0.2, 0) is 11.3 Å². The normalized spacial score (nSPS) is 19.9. The lowest BCUT2D eigenvalue weighted by molar-refractivity contribution is -0.0649. The van der Waals surface area contributed by atoms with Crippen molar-refractivity contribution >= 4 is 11.7 Å². The van der Waals surface area contributed by atoms with E-state index in [2.05, 4.69) is 40.4 Å². The molecule has 0 aliphatic carbocycles. The molecule has 0 bridgehead atoms. The molecule has 0 N–H and O–H groups in total. The van der Waals surface area contributed by atoms with Gasteiger partial charge in [-0.1, -0.05) is 6.58 Å². The van der Waals surface area contributed by atoms with Crippen LogP contribution in [0.5, 0.6) is 11.5 Å². The minimum absolute atomic E-state index is 0.165. The third-order valence-electron chi connectivity index (χ3n) is 5.93. The van der Waals surface area contributed by atoms with E-state index in [4.69, 9.17) is 14.2 Å². The van der Waals surface area contributed by atoms with Gasteiger partial charge in [0.15, 0.2) is 5.65 Å². The van der Waals surface area contributed by atoms with Crippen molar-refractivity contribution in [1.29, 1.82) is 0 Å². The SMILES string of the molecule is C=C(/C=c1\c(=NC)n(Cc2cc(OC)cc(OC)c2)c(=O)n2ncnc12)CN1C[C@@H](C)O[C@@H](C)C1. The maximum Gasteiger partial charge on any atom is 0.352 e. The van der Waals surface area contributed by atoms with Crippen LogP contribution in [0, 0.1) is 0 Å². The number of fused-ring (bicyclic) bond motifs is 1. The predicted octanol–water partition coefficient (Wildman–Crippen LogP) is 0.652. The summed E-state index contributed by atoms with van der Waals surface area (Å²) in [6, 6.07) is 5.51. The Kier molecular flexibility index (Phi) is 7.32. The summed E-state index contributed by atoms with van der Waals surface area (Å²) in [7, 11) is 4.84. The van der Waals surface area contributed by atoms with Gasteiger partial charge >= 0.3 is 5.69 Å². The lowest BCUT2D eigenvalue weighted by Gasteiger charge is -2.35. The number of hydrogen-bond acceptors (Lipinski definition) is 8.